The lowest BCUT2D eigenvalue weighted by Gasteiger charge is -2.26. The van der Waals surface area contributed by atoms with E-state index in [9.17, 15) is 0 Å². The summed E-state index contributed by atoms with van der Waals surface area (Å²) in [6.45, 7) is 14.1. The standard InChI is InChI=1S/C12H26N2/c1-5-7-13-9-11(2)14-8-6-12(3,4)10-14/h11,13H,5-10H2,1-4H3. The second-order valence-corrected chi connectivity index (χ2v) is 5.44. The second kappa shape index (κ2) is 5.13. The quantitative estimate of drug-likeness (QED) is 0.681. The van der Waals surface area contributed by atoms with E-state index in [1.165, 1.54) is 25.9 Å². The lowest BCUT2D eigenvalue weighted by molar-refractivity contribution is 0.225. The zero-order chi connectivity index (χ0) is 10.6. The van der Waals surface area contributed by atoms with E-state index >= 15 is 0 Å². The lowest BCUT2D eigenvalue weighted by Crippen LogP contribution is -2.39. The number of nitrogens with zero attached hydrogens (tertiary/aromatic N) is 1. The van der Waals surface area contributed by atoms with Gasteiger partial charge in [0, 0.05) is 19.1 Å². The molecular formula is C12H26N2. The Kier molecular flexibility index (Phi) is 4.39. The molecule has 14 heavy (non-hydrogen) atoms. The third-order valence-corrected chi connectivity index (χ3v) is 3.20. The molecule has 2 nitrogen and oxygen atoms in total. The van der Waals surface area contributed by atoms with Crippen molar-refractivity contribution < 1.29 is 0 Å². The number of hydrogen-bond acceptors (Lipinski definition) is 2. The third kappa shape index (κ3) is 3.58. The SMILES string of the molecule is CCCNCC(C)N1CCC(C)(C)C1. The number of nitrogens with one attached hydrogen (secondary N) is 1. The molecule has 1 unspecified atom stereocenters. The van der Waals surface area contributed by atoms with E-state index in [0.717, 1.165) is 13.1 Å². The fourth-order valence-electron chi connectivity index (χ4n) is 2.15. The van der Waals surface area contributed by atoms with Crippen LogP contribution in [-0.4, -0.2) is 37.1 Å². The molecule has 1 N–H and O–H groups in total. The monoisotopic (exact) mass is 198 g/mol. The van der Waals surface area contributed by atoms with Gasteiger partial charge in [-0.05, 0) is 38.3 Å². The summed E-state index contributed by atoms with van der Waals surface area (Å²) in [4.78, 5) is 2.61. The first-order chi connectivity index (χ1) is 6.55. The summed E-state index contributed by atoms with van der Waals surface area (Å²) in [5.41, 5.74) is 0.541. The van der Waals surface area contributed by atoms with Crippen LogP contribution in [0.1, 0.15) is 40.5 Å². The molecule has 84 valence electrons. The van der Waals surface area contributed by atoms with Crippen LogP contribution in [0.15, 0.2) is 0 Å². The van der Waals surface area contributed by atoms with Gasteiger partial charge >= 0.3 is 0 Å². The predicted octanol–water partition coefficient (Wildman–Crippen LogP) is 2.11. The van der Waals surface area contributed by atoms with E-state index in [1.807, 2.05) is 0 Å². The molecule has 0 bridgehead atoms. The third-order valence-electron chi connectivity index (χ3n) is 3.20. The van der Waals surface area contributed by atoms with E-state index in [0.29, 0.717) is 11.5 Å². The van der Waals surface area contributed by atoms with Crippen molar-refractivity contribution in [3.63, 3.8) is 0 Å². The normalized spacial score (nSPS) is 24.0. The van der Waals surface area contributed by atoms with Crippen LogP contribution >= 0.6 is 0 Å². The zero-order valence-electron chi connectivity index (χ0n) is 10.3. The molecule has 2 heteroatoms. The molecule has 0 radical (unpaired) electrons. The van der Waals surface area contributed by atoms with Crippen LogP contribution in [0.2, 0.25) is 0 Å². The largest absolute Gasteiger partial charge is 0.315 e. The summed E-state index contributed by atoms with van der Waals surface area (Å²) in [6, 6.07) is 0.698. The predicted molar refractivity (Wildman–Crippen MR) is 62.6 cm³/mol. The fourth-order valence-corrected chi connectivity index (χ4v) is 2.15. The Labute approximate surface area is 89.1 Å². The highest BCUT2D eigenvalue weighted by atomic mass is 15.2. The molecule has 0 aromatic carbocycles. The van der Waals surface area contributed by atoms with Gasteiger partial charge in [0.2, 0.25) is 0 Å². The molecule has 1 fully saturated rings. The van der Waals surface area contributed by atoms with Gasteiger partial charge in [0.25, 0.3) is 0 Å². The molecule has 1 aliphatic heterocycles. The summed E-state index contributed by atoms with van der Waals surface area (Å²) in [7, 11) is 0. The minimum atomic E-state index is 0.541. The Morgan fingerprint density at radius 1 is 1.43 bits per heavy atom. The molecule has 1 heterocycles. The maximum atomic E-state index is 3.50. The minimum absolute atomic E-state index is 0.541. The van der Waals surface area contributed by atoms with Crippen LogP contribution < -0.4 is 5.32 Å². The number of hydrogen-bond donors (Lipinski definition) is 1. The zero-order valence-corrected chi connectivity index (χ0v) is 10.3. The van der Waals surface area contributed by atoms with Gasteiger partial charge in [-0.2, -0.15) is 0 Å². The van der Waals surface area contributed by atoms with E-state index in [2.05, 4.69) is 37.9 Å². The van der Waals surface area contributed by atoms with Crippen molar-refractivity contribution in [3.8, 4) is 0 Å². The maximum Gasteiger partial charge on any atom is 0.0192 e. The van der Waals surface area contributed by atoms with Gasteiger partial charge < -0.3 is 5.32 Å². The summed E-state index contributed by atoms with van der Waals surface area (Å²) in [5.74, 6) is 0. The Bertz CT molecular complexity index is 166. The van der Waals surface area contributed by atoms with Crippen LogP contribution in [0.3, 0.4) is 0 Å². The molecule has 0 aromatic rings. The Morgan fingerprint density at radius 2 is 2.14 bits per heavy atom. The number of likely N-dealkylation sites (tertiary alicyclic amines) is 1. The highest BCUT2D eigenvalue weighted by Gasteiger charge is 2.31. The molecule has 0 amide bonds. The van der Waals surface area contributed by atoms with Crippen molar-refractivity contribution in [1.82, 2.24) is 10.2 Å². The minimum Gasteiger partial charge on any atom is -0.315 e. The summed E-state index contributed by atoms with van der Waals surface area (Å²) < 4.78 is 0. The Hall–Kier alpha value is -0.0800. The molecule has 1 aliphatic rings. The van der Waals surface area contributed by atoms with Gasteiger partial charge in [0.1, 0.15) is 0 Å². The van der Waals surface area contributed by atoms with Crippen LogP contribution in [0.4, 0.5) is 0 Å². The molecule has 1 saturated heterocycles. The Morgan fingerprint density at radius 3 is 2.64 bits per heavy atom. The summed E-state index contributed by atoms with van der Waals surface area (Å²) in [6.07, 6.45) is 2.59. The van der Waals surface area contributed by atoms with Gasteiger partial charge in [-0.3, -0.25) is 4.90 Å². The van der Waals surface area contributed by atoms with Crippen molar-refractivity contribution in [2.45, 2.75) is 46.6 Å². The smallest absolute Gasteiger partial charge is 0.0192 e. The highest BCUT2D eigenvalue weighted by Crippen LogP contribution is 2.29. The van der Waals surface area contributed by atoms with Crippen molar-refractivity contribution in [2.24, 2.45) is 5.41 Å². The van der Waals surface area contributed by atoms with Crippen LogP contribution in [0, 0.1) is 5.41 Å². The van der Waals surface area contributed by atoms with Crippen molar-refractivity contribution in [1.29, 1.82) is 0 Å². The van der Waals surface area contributed by atoms with Crippen LogP contribution in [-0.2, 0) is 0 Å². The van der Waals surface area contributed by atoms with E-state index < -0.39 is 0 Å². The van der Waals surface area contributed by atoms with E-state index in [1.54, 1.807) is 0 Å². The first-order valence-electron chi connectivity index (χ1n) is 6.00. The highest BCUT2D eigenvalue weighted by molar-refractivity contribution is 4.85. The van der Waals surface area contributed by atoms with Gasteiger partial charge in [0.15, 0.2) is 0 Å². The van der Waals surface area contributed by atoms with Gasteiger partial charge in [0.05, 0.1) is 0 Å². The first kappa shape index (κ1) is 12.0. The van der Waals surface area contributed by atoms with Crippen LogP contribution in [0.25, 0.3) is 0 Å². The molecule has 0 aliphatic carbocycles. The molecule has 0 saturated carbocycles. The first-order valence-corrected chi connectivity index (χ1v) is 6.00. The molecule has 0 spiro atoms. The van der Waals surface area contributed by atoms with Gasteiger partial charge in [-0.15, -0.1) is 0 Å². The van der Waals surface area contributed by atoms with Gasteiger partial charge in [-0.25, -0.2) is 0 Å². The van der Waals surface area contributed by atoms with Crippen LogP contribution in [0.5, 0.6) is 0 Å². The topological polar surface area (TPSA) is 15.3 Å². The second-order valence-electron chi connectivity index (χ2n) is 5.44. The molecule has 1 atom stereocenters. The van der Waals surface area contributed by atoms with E-state index in [4.69, 9.17) is 0 Å². The maximum absolute atomic E-state index is 3.50. The van der Waals surface area contributed by atoms with Crippen molar-refractivity contribution >= 4 is 0 Å². The molecule has 1 rings (SSSR count). The average Bonchev–Trinajstić information content (AvgIpc) is 2.46. The number of rotatable bonds is 5. The summed E-state index contributed by atoms with van der Waals surface area (Å²) in [5, 5.41) is 3.50. The summed E-state index contributed by atoms with van der Waals surface area (Å²) >= 11 is 0. The molecule has 0 aromatic heterocycles. The Balaban J connectivity index is 2.22. The van der Waals surface area contributed by atoms with E-state index in [-0.39, 0.29) is 0 Å². The fraction of sp³-hybridized carbons (Fsp3) is 1.00. The van der Waals surface area contributed by atoms with Crippen molar-refractivity contribution in [2.75, 3.05) is 26.2 Å². The van der Waals surface area contributed by atoms with Gasteiger partial charge in [-0.1, -0.05) is 20.8 Å². The van der Waals surface area contributed by atoms with Crippen molar-refractivity contribution in [3.05, 3.63) is 0 Å². The lowest BCUT2D eigenvalue weighted by atomic mass is 9.93. The molecular weight excluding hydrogens is 172 g/mol. The average molecular weight is 198 g/mol.